The molecule has 1 aromatic heterocycles. The van der Waals surface area contributed by atoms with Crippen LogP contribution in [0.2, 0.25) is 10.0 Å². The molecule has 8 heteroatoms. The summed E-state index contributed by atoms with van der Waals surface area (Å²) in [5, 5.41) is 3.78. The van der Waals surface area contributed by atoms with Gasteiger partial charge in [0.15, 0.2) is 0 Å². The Labute approximate surface area is 168 Å². The average molecular weight is 407 g/mol. The topological polar surface area (TPSA) is 65.5 Å². The lowest BCUT2D eigenvalue weighted by molar-refractivity contribution is -0.122. The third-order valence-electron chi connectivity index (χ3n) is 4.22. The van der Waals surface area contributed by atoms with E-state index < -0.39 is 5.92 Å². The zero-order chi connectivity index (χ0) is 19.6. The van der Waals surface area contributed by atoms with Gasteiger partial charge in [-0.05, 0) is 44.4 Å². The summed E-state index contributed by atoms with van der Waals surface area (Å²) in [6.07, 6.45) is 1.81. The van der Waals surface area contributed by atoms with Crippen molar-refractivity contribution in [2.75, 3.05) is 30.9 Å². The Morgan fingerprint density at radius 3 is 2.63 bits per heavy atom. The van der Waals surface area contributed by atoms with Crippen LogP contribution < -0.4 is 10.2 Å². The van der Waals surface area contributed by atoms with Gasteiger partial charge in [0, 0.05) is 47.1 Å². The number of nitrogens with one attached hydrogen (secondary N) is 1. The largest absolute Gasteiger partial charge is 0.326 e. The number of hydrogen-bond acceptors (Lipinski definition) is 4. The molecule has 1 aliphatic rings. The molecule has 0 aliphatic carbocycles. The molecule has 2 amide bonds. The number of anilines is 2. The number of halogens is 2. The molecule has 142 valence electrons. The van der Waals surface area contributed by atoms with Crippen molar-refractivity contribution in [3.63, 3.8) is 0 Å². The highest BCUT2D eigenvalue weighted by Gasteiger charge is 2.35. The number of rotatable bonds is 5. The van der Waals surface area contributed by atoms with E-state index in [0.717, 1.165) is 5.69 Å². The van der Waals surface area contributed by atoms with Gasteiger partial charge in [0.2, 0.25) is 11.8 Å². The molecule has 1 aliphatic heterocycles. The van der Waals surface area contributed by atoms with Crippen LogP contribution in [-0.4, -0.2) is 42.3 Å². The van der Waals surface area contributed by atoms with E-state index in [1.54, 1.807) is 35.4 Å². The van der Waals surface area contributed by atoms with Gasteiger partial charge >= 0.3 is 0 Å². The number of carbonyl (C=O) groups is 2. The summed E-state index contributed by atoms with van der Waals surface area (Å²) in [5.41, 5.74) is 2.13. The molecule has 0 unspecified atom stereocenters. The quantitative estimate of drug-likeness (QED) is 0.825. The predicted octanol–water partition coefficient (Wildman–Crippen LogP) is 3.44. The normalized spacial score (nSPS) is 16.9. The first-order valence-corrected chi connectivity index (χ1v) is 9.24. The Morgan fingerprint density at radius 1 is 1.26 bits per heavy atom. The maximum Gasteiger partial charge on any atom is 0.229 e. The lowest BCUT2D eigenvalue weighted by atomic mass is 10.1. The van der Waals surface area contributed by atoms with Crippen molar-refractivity contribution in [3.05, 3.63) is 52.3 Å². The third kappa shape index (κ3) is 4.97. The Kier molecular flexibility index (Phi) is 5.99. The molecule has 1 aromatic carbocycles. The van der Waals surface area contributed by atoms with Gasteiger partial charge in [-0.1, -0.05) is 23.2 Å². The number of nitrogens with zero attached hydrogens (tertiary/aromatic N) is 3. The van der Waals surface area contributed by atoms with E-state index in [9.17, 15) is 9.59 Å². The zero-order valence-electron chi connectivity index (χ0n) is 15.1. The fraction of sp³-hybridized carbons (Fsp3) is 0.316. The van der Waals surface area contributed by atoms with Crippen molar-refractivity contribution in [1.29, 1.82) is 0 Å². The first-order valence-electron chi connectivity index (χ1n) is 8.49. The first-order chi connectivity index (χ1) is 12.8. The number of pyridine rings is 1. The van der Waals surface area contributed by atoms with Crippen molar-refractivity contribution in [2.24, 2.45) is 5.92 Å². The highest BCUT2D eigenvalue weighted by molar-refractivity contribution is 6.35. The molecule has 2 aromatic rings. The summed E-state index contributed by atoms with van der Waals surface area (Å²) < 4.78 is 0. The number of aromatic nitrogens is 1. The van der Waals surface area contributed by atoms with Gasteiger partial charge in [-0.25, -0.2) is 0 Å². The molecule has 0 saturated carbocycles. The van der Waals surface area contributed by atoms with Gasteiger partial charge in [-0.2, -0.15) is 0 Å². The molecule has 3 rings (SSSR count). The SMILES string of the molecule is CN(C)Cc1cc(NC(=O)[C@@H]2CC(=O)N(c3cc(Cl)cc(Cl)c3)C2)ccn1. The van der Waals surface area contributed by atoms with Crippen molar-refractivity contribution in [2.45, 2.75) is 13.0 Å². The molecule has 0 spiro atoms. The van der Waals surface area contributed by atoms with Crippen molar-refractivity contribution >= 4 is 46.4 Å². The minimum atomic E-state index is -0.444. The maximum absolute atomic E-state index is 12.6. The molecule has 1 fully saturated rings. The summed E-state index contributed by atoms with van der Waals surface area (Å²) in [5.74, 6) is -0.766. The standard InChI is InChI=1S/C19H20Cl2N4O2/c1-24(2)11-16-9-15(3-4-22-16)23-19(27)12-5-18(26)25(10-12)17-7-13(20)6-14(21)8-17/h3-4,6-9,12H,5,10-11H2,1-2H3,(H,22,23,27)/t12-/m1/s1. The predicted molar refractivity (Wildman–Crippen MR) is 107 cm³/mol. The minimum absolute atomic E-state index is 0.128. The van der Waals surface area contributed by atoms with Crippen LogP contribution in [0.25, 0.3) is 0 Å². The van der Waals surface area contributed by atoms with E-state index in [4.69, 9.17) is 23.2 Å². The molecule has 0 bridgehead atoms. The zero-order valence-corrected chi connectivity index (χ0v) is 16.6. The second-order valence-corrected chi connectivity index (χ2v) is 7.67. The maximum atomic E-state index is 12.6. The van der Waals surface area contributed by atoms with Gasteiger partial charge in [0.25, 0.3) is 0 Å². The summed E-state index contributed by atoms with van der Waals surface area (Å²) in [4.78, 5) is 32.8. The fourth-order valence-corrected chi connectivity index (χ4v) is 3.55. The van der Waals surface area contributed by atoms with Crippen LogP contribution in [0.5, 0.6) is 0 Å². The molecule has 6 nitrogen and oxygen atoms in total. The van der Waals surface area contributed by atoms with Crippen LogP contribution in [0.1, 0.15) is 12.1 Å². The second-order valence-electron chi connectivity index (χ2n) is 6.80. The number of carbonyl (C=O) groups excluding carboxylic acids is 2. The third-order valence-corrected chi connectivity index (χ3v) is 4.65. The van der Waals surface area contributed by atoms with Crippen molar-refractivity contribution in [3.8, 4) is 0 Å². The molecule has 1 saturated heterocycles. The van der Waals surface area contributed by atoms with Gasteiger partial charge in [-0.3, -0.25) is 14.6 Å². The van der Waals surface area contributed by atoms with Crippen LogP contribution in [0.3, 0.4) is 0 Å². The fourth-order valence-electron chi connectivity index (χ4n) is 3.04. The Bertz CT molecular complexity index is 852. The summed E-state index contributed by atoms with van der Waals surface area (Å²) in [6, 6.07) is 8.52. The van der Waals surface area contributed by atoms with E-state index in [-0.39, 0.29) is 24.8 Å². The molecule has 27 heavy (non-hydrogen) atoms. The molecular weight excluding hydrogens is 387 g/mol. The second kappa shape index (κ2) is 8.25. The average Bonchev–Trinajstić information content (AvgIpc) is 2.95. The van der Waals surface area contributed by atoms with Crippen molar-refractivity contribution < 1.29 is 9.59 Å². The monoisotopic (exact) mass is 406 g/mol. The summed E-state index contributed by atoms with van der Waals surface area (Å²) >= 11 is 12.0. The van der Waals surface area contributed by atoms with Gasteiger partial charge in [-0.15, -0.1) is 0 Å². The molecule has 1 N–H and O–H groups in total. The lowest BCUT2D eigenvalue weighted by Crippen LogP contribution is -2.28. The highest BCUT2D eigenvalue weighted by atomic mass is 35.5. The van der Waals surface area contributed by atoms with Gasteiger partial charge in [0.1, 0.15) is 0 Å². The minimum Gasteiger partial charge on any atom is -0.326 e. The van der Waals surface area contributed by atoms with E-state index in [0.29, 0.717) is 28.0 Å². The molecular formula is C19H20Cl2N4O2. The lowest BCUT2D eigenvalue weighted by Gasteiger charge is -2.17. The van der Waals surface area contributed by atoms with Crippen LogP contribution in [-0.2, 0) is 16.1 Å². The summed E-state index contributed by atoms with van der Waals surface area (Å²) in [7, 11) is 3.90. The smallest absolute Gasteiger partial charge is 0.229 e. The number of hydrogen-bond donors (Lipinski definition) is 1. The van der Waals surface area contributed by atoms with Gasteiger partial charge < -0.3 is 15.1 Å². The summed E-state index contributed by atoms with van der Waals surface area (Å²) in [6.45, 7) is 0.964. The Hall–Kier alpha value is -2.15. The van der Waals surface area contributed by atoms with E-state index in [1.165, 1.54) is 0 Å². The van der Waals surface area contributed by atoms with Crippen LogP contribution >= 0.6 is 23.2 Å². The number of amides is 2. The molecule has 2 heterocycles. The highest BCUT2D eigenvalue weighted by Crippen LogP contribution is 2.30. The Balaban J connectivity index is 1.69. The van der Waals surface area contributed by atoms with E-state index in [2.05, 4.69) is 10.3 Å². The Morgan fingerprint density at radius 2 is 1.96 bits per heavy atom. The van der Waals surface area contributed by atoms with Crippen LogP contribution in [0, 0.1) is 5.92 Å². The number of benzene rings is 1. The molecule has 1 atom stereocenters. The molecule has 0 radical (unpaired) electrons. The van der Waals surface area contributed by atoms with Crippen LogP contribution in [0.4, 0.5) is 11.4 Å². The van der Waals surface area contributed by atoms with E-state index in [1.807, 2.05) is 25.1 Å². The van der Waals surface area contributed by atoms with Gasteiger partial charge in [0.05, 0.1) is 11.6 Å². The van der Waals surface area contributed by atoms with E-state index >= 15 is 0 Å². The van der Waals surface area contributed by atoms with Crippen LogP contribution in [0.15, 0.2) is 36.5 Å². The van der Waals surface area contributed by atoms with Crippen molar-refractivity contribution in [1.82, 2.24) is 9.88 Å². The first kappa shape index (κ1) is 19.6.